The molecular formula is C25H38N4O7. The minimum Gasteiger partial charge on any atom is -0.481 e. The number of carbonyl (C=O) groups is 5. The van der Waals surface area contributed by atoms with Gasteiger partial charge in [-0.3, -0.25) is 19.2 Å². The van der Waals surface area contributed by atoms with Gasteiger partial charge >= 0.3 is 11.9 Å². The fourth-order valence-corrected chi connectivity index (χ4v) is 3.53. The maximum Gasteiger partial charge on any atom is 0.326 e. The van der Waals surface area contributed by atoms with Crippen LogP contribution in [0, 0.1) is 11.8 Å². The minimum absolute atomic E-state index is 0.101. The lowest BCUT2D eigenvalue weighted by atomic mass is 10.0. The van der Waals surface area contributed by atoms with Crippen molar-refractivity contribution >= 4 is 29.7 Å². The van der Waals surface area contributed by atoms with Crippen molar-refractivity contribution in [2.24, 2.45) is 17.6 Å². The zero-order valence-electron chi connectivity index (χ0n) is 21.2. The molecule has 4 unspecified atom stereocenters. The molecule has 200 valence electrons. The number of rotatable bonds is 15. The number of nitrogens with two attached hydrogens (primary N) is 1. The summed E-state index contributed by atoms with van der Waals surface area (Å²) < 4.78 is 0. The molecule has 36 heavy (non-hydrogen) atoms. The molecular weight excluding hydrogens is 468 g/mol. The van der Waals surface area contributed by atoms with E-state index >= 15 is 0 Å². The summed E-state index contributed by atoms with van der Waals surface area (Å²) in [6.07, 6.45) is -0.201. The average molecular weight is 507 g/mol. The first-order chi connectivity index (χ1) is 16.8. The lowest BCUT2D eigenvalue weighted by molar-refractivity contribution is -0.144. The first-order valence-electron chi connectivity index (χ1n) is 12.0. The van der Waals surface area contributed by atoms with Crippen LogP contribution in [0.3, 0.4) is 0 Å². The van der Waals surface area contributed by atoms with E-state index in [0.29, 0.717) is 6.42 Å². The fraction of sp³-hybridized carbons (Fsp3) is 0.560. The third kappa shape index (κ3) is 10.9. The van der Waals surface area contributed by atoms with E-state index in [1.165, 1.54) is 0 Å². The smallest absolute Gasteiger partial charge is 0.326 e. The molecule has 7 N–H and O–H groups in total. The van der Waals surface area contributed by atoms with Crippen molar-refractivity contribution in [3.63, 3.8) is 0 Å². The van der Waals surface area contributed by atoms with Gasteiger partial charge in [-0.15, -0.1) is 0 Å². The number of aliphatic carboxylic acids is 2. The Kier molecular flexibility index (Phi) is 12.6. The molecule has 0 saturated heterocycles. The van der Waals surface area contributed by atoms with Crippen LogP contribution in [0.4, 0.5) is 0 Å². The molecule has 0 radical (unpaired) electrons. The van der Waals surface area contributed by atoms with Crippen LogP contribution in [-0.4, -0.2) is 64.0 Å². The van der Waals surface area contributed by atoms with Gasteiger partial charge in [0.2, 0.25) is 17.7 Å². The third-order valence-corrected chi connectivity index (χ3v) is 5.49. The SMILES string of the molecule is CC(C)CC(N)C(=O)NC(Cc1ccccc1)C(=O)NC(CCC(=O)O)C(=O)NC(C(=O)O)C(C)C. The molecule has 0 bridgehead atoms. The third-order valence-electron chi connectivity index (χ3n) is 5.49. The molecule has 1 rings (SSSR count). The molecule has 11 heteroatoms. The molecule has 0 aliphatic rings. The normalized spacial score (nSPS) is 14.4. The highest BCUT2D eigenvalue weighted by Gasteiger charge is 2.31. The second kappa shape index (κ2) is 14.8. The predicted molar refractivity (Wildman–Crippen MR) is 133 cm³/mol. The van der Waals surface area contributed by atoms with Crippen LogP contribution < -0.4 is 21.7 Å². The van der Waals surface area contributed by atoms with Crippen molar-refractivity contribution in [3.8, 4) is 0 Å². The van der Waals surface area contributed by atoms with E-state index in [4.69, 9.17) is 10.8 Å². The van der Waals surface area contributed by atoms with Gasteiger partial charge in [-0.25, -0.2) is 4.79 Å². The first kappa shape index (κ1) is 30.6. The zero-order valence-corrected chi connectivity index (χ0v) is 21.2. The van der Waals surface area contributed by atoms with Gasteiger partial charge in [0.1, 0.15) is 18.1 Å². The number of carboxylic acid groups (broad SMARTS) is 2. The van der Waals surface area contributed by atoms with E-state index in [0.717, 1.165) is 5.56 Å². The van der Waals surface area contributed by atoms with Crippen LogP contribution in [0.2, 0.25) is 0 Å². The van der Waals surface area contributed by atoms with Gasteiger partial charge in [0.25, 0.3) is 0 Å². The van der Waals surface area contributed by atoms with Crippen LogP contribution in [0.15, 0.2) is 30.3 Å². The summed E-state index contributed by atoms with van der Waals surface area (Å²) in [5, 5.41) is 26.0. The maximum atomic E-state index is 13.2. The van der Waals surface area contributed by atoms with Crippen molar-refractivity contribution in [1.29, 1.82) is 0 Å². The Labute approximate surface area is 211 Å². The van der Waals surface area contributed by atoms with Gasteiger partial charge in [0, 0.05) is 12.8 Å². The van der Waals surface area contributed by atoms with Gasteiger partial charge in [-0.05, 0) is 30.2 Å². The lowest BCUT2D eigenvalue weighted by Crippen LogP contribution is -2.58. The van der Waals surface area contributed by atoms with Gasteiger partial charge in [-0.2, -0.15) is 0 Å². The monoisotopic (exact) mass is 506 g/mol. The summed E-state index contributed by atoms with van der Waals surface area (Å²) >= 11 is 0. The van der Waals surface area contributed by atoms with Crippen LogP contribution in [-0.2, 0) is 30.4 Å². The van der Waals surface area contributed by atoms with E-state index in [1.807, 2.05) is 13.8 Å². The highest BCUT2D eigenvalue weighted by atomic mass is 16.4. The standard InChI is InChI=1S/C25H38N4O7/c1-14(2)12-17(26)22(32)28-19(13-16-8-6-5-7-9-16)24(34)27-18(10-11-20(30)31)23(33)29-21(15(3)4)25(35)36/h5-9,14-15,17-19,21H,10-13,26H2,1-4H3,(H,27,34)(H,28,32)(H,29,33)(H,30,31)(H,35,36). The highest BCUT2D eigenvalue weighted by Crippen LogP contribution is 2.09. The molecule has 0 aliphatic heterocycles. The van der Waals surface area contributed by atoms with Crippen molar-refractivity contribution in [1.82, 2.24) is 16.0 Å². The summed E-state index contributed by atoms with van der Waals surface area (Å²) in [5.41, 5.74) is 6.72. The topological polar surface area (TPSA) is 188 Å². The van der Waals surface area contributed by atoms with Crippen molar-refractivity contribution in [2.45, 2.75) is 77.5 Å². The van der Waals surface area contributed by atoms with E-state index in [1.54, 1.807) is 44.2 Å². The minimum atomic E-state index is -1.33. The highest BCUT2D eigenvalue weighted by molar-refractivity contribution is 5.94. The summed E-state index contributed by atoms with van der Waals surface area (Å²) in [7, 11) is 0. The number of carboxylic acids is 2. The summed E-state index contributed by atoms with van der Waals surface area (Å²) in [6.45, 7) is 7.04. The predicted octanol–water partition coefficient (Wildman–Crippen LogP) is 0.662. The molecule has 0 saturated carbocycles. The van der Waals surface area contributed by atoms with E-state index in [9.17, 15) is 29.1 Å². The number of hydrogen-bond acceptors (Lipinski definition) is 6. The Balaban J connectivity index is 3.13. The molecule has 1 aromatic rings. The molecule has 4 atom stereocenters. The lowest BCUT2D eigenvalue weighted by Gasteiger charge is -2.26. The Morgan fingerprint density at radius 1 is 0.833 bits per heavy atom. The van der Waals surface area contributed by atoms with Crippen LogP contribution >= 0.6 is 0 Å². The second-order valence-corrected chi connectivity index (χ2v) is 9.55. The molecule has 0 aliphatic carbocycles. The van der Waals surface area contributed by atoms with Gasteiger partial charge < -0.3 is 31.9 Å². The number of hydrogen-bond donors (Lipinski definition) is 6. The van der Waals surface area contributed by atoms with Crippen LogP contribution in [0.5, 0.6) is 0 Å². The van der Waals surface area contributed by atoms with E-state index < -0.39 is 66.2 Å². The molecule has 11 nitrogen and oxygen atoms in total. The van der Waals surface area contributed by atoms with Gasteiger partial charge in [-0.1, -0.05) is 58.0 Å². The van der Waals surface area contributed by atoms with E-state index in [-0.39, 0.29) is 18.8 Å². The quantitative estimate of drug-likeness (QED) is 0.200. The number of carbonyl (C=O) groups excluding carboxylic acids is 3. The molecule has 0 heterocycles. The Bertz CT molecular complexity index is 905. The Morgan fingerprint density at radius 2 is 1.39 bits per heavy atom. The largest absolute Gasteiger partial charge is 0.481 e. The molecule has 0 aromatic heterocycles. The van der Waals surface area contributed by atoms with Crippen molar-refractivity contribution in [3.05, 3.63) is 35.9 Å². The zero-order chi connectivity index (χ0) is 27.4. The summed E-state index contributed by atoms with van der Waals surface area (Å²) in [6, 6.07) is 4.41. The number of benzene rings is 1. The molecule has 0 spiro atoms. The van der Waals surface area contributed by atoms with Gasteiger partial charge in [0.15, 0.2) is 0 Å². The Morgan fingerprint density at radius 3 is 1.89 bits per heavy atom. The van der Waals surface area contributed by atoms with Crippen molar-refractivity contribution < 1.29 is 34.2 Å². The number of nitrogens with one attached hydrogen (secondary N) is 3. The van der Waals surface area contributed by atoms with Gasteiger partial charge in [0.05, 0.1) is 6.04 Å². The molecule has 3 amide bonds. The maximum absolute atomic E-state index is 13.2. The van der Waals surface area contributed by atoms with Crippen LogP contribution in [0.25, 0.3) is 0 Å². The average Bonchev–Trinajstić information content (AvgIpc) is 2.78. The number of amides is 3. The van der Waals surface area contributed by atoms with E-state index in [2.05, 4.69) is 16.0 Å². The second-order valence-electron chi connectivity index (χ2n) is 9.55. The Hall–Kier alpha value is -3.47. The fourth-order valence-electron chi connectivity index (χ4n) is 3.53. The van der Waals surface area contributed by atoms with Crippen LogP contribution in [0.1, 0.15) is 52.5 Å². The molecule has 1 aromatic carbocycles. The summed E-state index contributed by atoms with van der Waals surface area (Å²) in [4.78, 5) is 61.4. The van der Waals surface area contributed by atoms with Crippen molar-refractivity contribution in [2.75, 3.05) is 0 Å². The first-order valence-corrected chi connectivity index (χ1v) is 12.0. The molecule has 0 fully saturated rings. The summed E-state index contributed by atoms with van der Waals surface area (Å²) in [5.74, 6) is -4.81.